The second-order valence-corrected chi connectivity index (χ2v) is 9.10. The summed E-state index contributed by atoms with van der Waals surface area (Å²) >= 11 is 1.80. The number of aromatic nitrogens is 3. The molecule has 1 saturated heterocycles. The third-order valence-electron chi connectivity index (χ3n) is 6.16. The van der Waals surface area contributed by atoms with Crippen molar-refractivity contribution < 1.29 is 9.72 Å². The highest BCUT2D eigenvalue weighted by Crippen LogP contribution is 2.41. The summed E-state index contributed by atoms with van der Waals surface area (Å²) in [7, 11) is 0. The number of pyridine rings is 1. The van der Waals surface area contributed by atoms with Gasteiger partial charge in [0.15, 0.2) is 4.83 Å². The number of thiophene rings is 1. The number of aryl methyl sites for hydroxylation is 1. The van der Waals surface area contributed by atoms with Gasteiger partial charge in [0, 0.05) is 12.1 Å². The number of fused-ring (bicyclic) bond motifs is 5. The lowest BCUT2D eigenvalue weighted by atomic mass is 10.1. The Bertz CT molecular complexity index is 1010. The first-order chi connectivity index (χ1) is 14.4. The van der Waals surface area contributed by atoms with Crippen LogP contribution < -0.4 is 15.2 Å². The van der Waals surface area contributed by atoms with Crippen molar-refractivity contribution in [1.82, 2.24) is 9.97 Å². The van der Waals surface area contributed by atoms with Gasteiger partial charge >= 0.3 is 0 Å². The number of unbranched alkanes of at least 4 members (excludes halogenated alkanes) is 3. The Morgan fingerprint density at radius 1 is 1.14 bits per heavy atom. The number of ether oxygens (including phenoxy) is 1. The lowest BCUT2D eigenvalue weighted by molar-refractivity contribution is -0.328. The third-order valence-corrected chi connectivity index (χ3v) is 7.26. The Morgan fingerprint density at radius 3 is 2.86 bits per heavy atom. The second kappa shape index (κ2) is 8.40. The monoisotopic (exact) mass is 412 g/mol. The molecule has 0 amide bonds. The Morgan fingerprint density at radius 2 is 2.00 bits per heavy atom. The van der Waals surface area contributed by atoms with Crippen molar-refractivity contribution in [2.24, 2.45) is 0 Å². The van der Waals surface area contributed by atoms with Gasteiger partial charge in [-0.2, -0.15) is 0 Å². The summed E-state index contributed by atoms with van der Waals surface area (Å²) in [6.45, 7) is 6.77. The van der Waals surface area contributed by atoms with E-state index in [1.807, 2.05) is 0 Å². The maximum atomic E-state index is 5.57. The molecule has 154 valence electrons. The van der Waals surface area contributed by atoms with Crippen molar-refractivity contribution in [3.63, 3.8) is 0 Å². The zero-order valence-corrected chi connectivity index (χ0v) is 18.0. The van der Waals surface area contributed by atoms with Gasteiger partial charge in [0.05, 0.1) is 24.1 Å². The van der Waals surface area contributed by atoms with E-state index < -0.39 is 0 Å². The smallest absolute Gasteiger partial charge is 0.279 e. The molecule has 1 aliphatic carbocycles. The van der Waals surface area contributed by atoms with E-state index in [1.165, 1.54) is 64.0 Å². The number of rotatable bonds is 7. The van der Waals surface area contributed by atoms with Gasteiger partial charge in [-0.25, -0.2) is 15.0 Å². The molecule has 3 aromatic heterocycles. The fourth-order valence-corrected chi connectivity index (χ4v) is 5.83. The average molecular weight is 413 g/mol. The van der Waals surface area contributed by atoms with Crippen molar-refractivity contribution in [3.05, 3.63) is 17.5 Å². The molecule has 7 heteroatoms. The molecule has 5 rings (SSSR count). The first-order valence-corrected chi connectivity index (χ1v) is 11.9. The minimum atomic E-state index is 0.810. The van der Waals surface area contributed by atoms with Crippen LogP contribution in [0.15, 0.2) is 6.33 Å². The summed E-state index contributed by atoms with van der Waals surface area (Å²) < 4.78 is 6.76. The van der Waals surface area contributed by atoms with E-state index in [1.54, 1.807) is 17.7 Å². The van der Waals surface area contributed by atoms with Crippen LogP contribution in [-0.4, -0.2) is 42.8 Å². The van der Waals surface area contributed by atoms with Crippen LogP contribution in [0.5, 0.6) is 0 Å². The molecule has 1 fully saturated rings. The van der Waals surface area contributed by atoms with Crippen LogP contribution in [-0.2, 0) is 17.6 Å². The van der Waals surface area contributed by atoms with E-state index in [-0.39, 0.29) is 0 Å². The molecule has 0 bridgehead atoms. The van der Waals surface area contributed by atoms with Crippen molar-refractivity contribution in [3.8, 4) is 0 Å². The molecule has 3 aromatic rings. The number of nitrogens with zero attached hydrogens (tertiary/aromatic N) is 3. The van der Waals surface area contributed by atoms with Gasteiger partial charge in [-0.05, 0) is 31.2 Å². The van der Waals surface area contributed by atoms with E-state index in [9.17, 15) is 0 Å². The topological polar surface area (TPSA) is 64.4 Å². The largest absolute Gasteiger partial charge is 0.373 e. The van der Waals surface area contributed by atoms with Gasteiger partial charge in [0.1, 0.15) is 29.9 Å². The van der Waals surface area contributed by atoms with Crippen LogP contribution >= 0.6 is 11.3 Å². The quantitative estimate of drug-likeness (QED) is 0.595. The van der Waals surface area contributed by atoms with Crippen molar-refractivity contribution >= 4 is 43.4 Å². The molecule has 4 heterocycles. The van der Waals surface area contributed by atoms with Crippen LogP contribution in [0.25, 0.3) is 20.4 Å². The third kappa shape index (κ3) is 3.55. The molecule has 0 radical (unpaired) electrons. The normalized spacial score (nSPS) is 16.7. The SMILES string of the molecule is CCCCCCNc1ncnc2c1sc1[nH+]c(N3CCOCC3)c3c(c12)CCC3. The number of H-pyrrole nitrogens is 1. The Kier molecular flexibility index (Phi) is 5.50. The number of aromatic amines is 1. The highest BCUT2D eigenvalue weighted by atomic mass is 32.1. The van der Waals surface area contributed by atoms with E-state index in [2.05, 4.69) is 27.1 Å². The number of hydrogen-bond acceptors (Lipinski definition) is 6. The molecule has 0 aromatic carbocycles. The van der Waals surface area contributed by atoms with Crippen molar-refractivity contribution in [2.75, 3.05) is 43.1 Å². The lowest BCUT2D eigenvalue weighted by Gasteiger charge is -2.23. The van der Waals surface area contributed by atoms with Gasteiger partial charge in [-0.3, -0.25) is 4.90 Å². The highest BCUT2D eigenvalue weighted by molar-refractivity contribution is 7.25. The van der Waals surface area contributed by atoms with Gasteiger partial charge in [-0.1, -0.05) is 37.5 Å². The zero-order valence-electron chi connectivity index (χ0n) is 17.2. The van der Waals surface area contributed by atoms with Crippen LogP contribution in [0, 0.1) is 0 Å². The van der Waals surface area contributed by atoms with Gasteiger partial charge < -0.3 is 10.1 Å². The fourth-order valence-electron chi connectivity index (χ4n) is 4.68. The molecule has 0 atom stereocenters. The molecule has 2 aliphatic rings. The summed E-state index contributed by atoms with van der Waals surface area (Å²) in [4.78, 5) is 16.8. The molecule has 0 spiro atoms. The van der Waals surface area contributed by atoms with E-state index in [0.717, 1.165) is 57.0 Å². The van der Waals surface area contributed by atoms with Crippen LogP contribution in [0.1, 0.15) is 50.2 Å². The molecule has 0 saturated carbocycles. The molecule has 6 nitrogen and oxygen atoms in total. The molecular weight excluding hydrogens is 382 g/mol. The van der Waals surface area contributed by atoms with E-state index >= 15 is 0 Å². The van der Waals surface area contributed by atoms with Gasteiger partial charge in [0.2, 0.25) is 0 Å². The molecule has 29 heavy (non-hydrogen) atoms. The second-order valence-electron chi connectivity index (χ2n) is 8.08. The number of nitrogens with one attached hydrogen (secondary N) is 2. The maximum absolute atomic E-state index is 5.57. The standard InChI is InChI=1S/C22H29N5OS/c1-2-3-4-5-9-23-20-19-18(24-14-25-20)17-15-7-6-8-16(15)21(26-22(17)29-19)27-10-12-28-13-11-27/h14H,2-13H2,1H3,(H,23,24,25)/p+1. The highest BCUT2D eigenvalue weighted by Gasteiger charge is 2.31. The average Bonchev–Trinajstić information content (AvgIpc) is 3.38. The molecule has 2 N–H and O–H groups in total. The summed E-state index contributed by atoms with van der Waals surface area (Å²) in [6.07, 6.45) is 10.3. The predicted octanol–water partition coefficient (Wildman–Crippen LogP) is 3.98. The minimum Gasteiger partial charge on any atom is -0.373 e. The Balaban J connectivity index is 1.54. The van der Waals surface area contributed by atoms with Gasteiger partial charge in [0.25, 0.3) is 5.82 Å². The number of hydrogen-bond donors (Lipinski definition) is 1. The molecule has 0 unspecified atom stereocenters. The molecular formula is C22H30N5OS+. The number of morpholine rings is 1. The lowest BCUT2D eigenvalue weighted by Crippen LogP contribution is -2.40. The maximum Gasteiger partial charge on any atom is 0.279 e. The van der Waals surface area contributed by atoms with E-state index in [0.29, 0.717) is 0 Å². The summed E-state index contributed by atoms with van der Waals surface area (Å²) in [5.74, 6) is 2.29. The molecule has 1 aliphatic heterocycles. The van der Waals surface area contributed by atoms with Gasteiger partial charge in [-0.15, -0.1) is 0 Å². The predicted molar refractivity (Wildman–Crippen MR) is 119 cm³/mol. The Hall–Kier alpha value is -1.99. The first kappa shape index (κ1) is 19.0. The summed E-state index contributed by atoms with van der Waals surface area (Å²) in [5.41, 5.74) is 4.10. The Labute approximate surface area is 175 Å². The first-order valence-electron chi connectivity index (χ1n) is 11.1. The van der Waals surface area contributed by atoms with Crippen LogP contribution in [0.4, 0.5) is 11.6 Å². The summed E-state index contributed by atoms with van der Waals surface area (Å²) in [5, 5.41) is 4.90. The van der Waals surface area contributed by atoms with Crippen LogP contribution in [0.3, 0.4) is 0 Å². The summed E-state index contributed by atoms with van der Waals surface area (Å²) in [6, 6.07) is 0. The zero-order chi connectivity index (χ0) is 19.6. The van der Waals surface area contributed by atoms with Crippen LogP contribution in [0.2, 0.25) is 0 Å². The minimum absolute atomic E-state index is 0.810. The van der Waals surface area contributed by atoms with Crippen molar-refractivity contribution in [2.45, 2.75) is 51.9 Å². The van der Waals surface area contributed by atoms with Crippen molar-refractivity contribution in [1.29, 1.82) is 0 Å². The fraction of sp³-hybridized carbons (Fsp3) is 0.591. The van der Waals surface area contributed by atoms with E-state index in [4.69, 9.17) is 9.72 Å². The number of anilines is 2.